The number of nitrogens with zero attached hydrogens (tertiary/aromatic N) is 1. The molecule has 0 fully saturated rings. The van der Waals surface area contributed by atoms with Gasteiger partial charge in [-0.05, 0) is 24.3 Å². The van der Waals surface area contributed by atoms with E-state index in [4.69, 9.17) is 32.7 Å². The summed E-state index contributed by atoms with van der Waals surface area (Å²) < 4.78 is 11.1. The molecule has 0 atom stereocenters. The lowest BCUT2D eigenvalue weighted by atomic mass is 10.1. The number of fused-ring (bicyclic) bond motifs is 1. The predicted molar refractivity (Wildman–Crippen MR) is 103 cm³/mol. The van der Waals surface area contributed by atoms with Gasteiger partial charge in [0.05, 0.1) is 28.8 Å². The average Bonchev–Trinajstić information content (AvgIpc) is 2.67. The van der Waals surface area contributed by atoms with E-state index in [0.717, 1.165) is 0 Å². The Morgan fingerprint density at radius 2 is 1.89 bits per heavy atom. The number of ether oxygens (including phenoxy) is 2. The first kappa shape index (κ1) is 19.4. The zero-order chi connectivity index (χ0) is 20.3. The number of carbonyl (C=O) groups excluding carboxylic acids is 2. The van der Waals surface area contributed by atoms with E-state index in [0.29, 0.717) is 28.2 Å². The van der Waals surface area contributed by atoms with E-state index < -0.39 is 11.8 Å². The van der Waals surface area contributed by atoms with Crippen LogP contribution in [0.2, 0.25) is 5.02 Å². The Labute approximate surface area is 164 Å². The first-order valence-corrected chi connectivity index (χ1v) is 8.32. The zero-order valence-corrected chi connectivity index (χ0v) is 15.4. The molecule has 6 N–H and O–H groups in total. The van der Waals surface area contributed by atoms with Gasteiger partial charge < -0.3 is 15.2 Å². The summed E-state index contributed by atoms with van der Waals surface area (Å²) in [7, 11) is 1.44. The molecule has 0 saturated heterocycles. The number of halogens is 1. The number of aromatic nitrogens is 1. The van der Waals surface area contributed by atoms with Crippen LogP contribution < -0.4 is 32.0 Å². The lowest BCUT2D eigenvalue weighted by Crippen LogP contribution is -2.42. The Morgan fingerprint density at radius 1 is 1.11 bits per heavy atom. The Morgan fingerprint density at radius 3 is 2.54 bits per heavy atom. The summed E-state index contributed by atoms with van der Waals surface area (Å²) in [6.45, 7) is 0. The highest BCUT2D eigenvalue weighted by atomic mass is 35.5. The maximum atomic E-state index is 11.8. The van der Waals surface area contributed by atoms with Crippen LogP contribution in [0.1, 0.15) is 20.7 Å². The average molecular weight is 402 g/mol. The van der Waals surface area contributed by atoms with Crippen molar-refractivity contribution in [2.75, 3.05) is 7.11 Å². The van der Waals surface area contributed by atoms with Gasteiger partial charge in [0, 0.05) is 23.7 Å². The molecule has 0 aliphatic heterocycles. The van der Waals surface area contributed by atoms with Gasteiger partial charge in [-0.1, -0.05) is 11.6 Å². The van der Waals surface area contributed by atoms with Gasteiger partial charge >= 0.3 is 0 Å². The quantitative estimate of drug-likeness (QED) is 0.365. The van der Waals surface area contributed by atoms with Crippen molar-refractivity contribution in [3.8, 4) is 17.2 Å². The van der Waals surface area contributed by atoms with Gasteiger partial charge in [-0.3, -0.25) is 25.8 Å². The van der Waals surface area contributed by atoms with Crippen molar-refractivity contribution in [2.24, 2.45) is 11.6 Å². The summed E-state index contributed by atoms with van der Waals surface area (Å²) >= 11 is 6.15. The van der Waals surface area contributed by atoms with Gasteiger partial charge in [0.2, 0.25) is 0 Å². The number of methoxy groups -OCH3 is 1. The number of hydrazine groups is 2. The van der Waals surface area contributed by atoms with Crippen LogP contribution >= 0.6 is 11.6 Å². The molecule has 144 valence electrons. The van der Waals surface area contributed by atoms with Crippen LogP contribution in [0, 0.1) is 0 Å². The first-order chi connectivity index (χ1) is 13.4. The minimum absolute atomic E-state index is 0.170. The fourth-order valence-corrected chi connectivity index (χ4v) is 2.86. The Balaban J connectivity index is 2.00. The van der Waals surface area contributed by atoms with Gasteiger partial charge in [0.25, 0.3) is 11.8 Å². The Bertz CT molecular complexity index is 1070. The van der Waals surface area contributed by atoms with E-state index in [9.17, 15) is 9.59 Å². The number of carbonyl (C=O) groups is 2. The summed E-state index contributed by atoms with van der Waals surface area (Å²) in [5, 5.41) is 0.727. The number of pyridine rings is 1. The molecule has 0 bridgehead atoms. The SMILES string of the molecule is COc1cc2nccc(Oc3ccc(C(=O)NNN)c(Cl)c3)c2cc1C(N)=O. The van der Waals surface area contributed by atoms with Crippen LogP contribution in [-0.2, 0) is 0 Å². The van der Waals surface area contributed by atoms with Gasteiger partial charge in [0.1, 0.15) is 17.2 Å². The van der Waals surface area contributed by atoms with Crippen molar-refractivity contribution in [1.82, 2.24) is 15.9 Å². The molecule has 0 unspecified atom stereocenters. The van der Waals surface area contributed by atoms with Crippen molar-refractivity contribution in [3.05, 3.63) is 58.7 Å². The van der Waals surface area contributed by atoms with E-state index in [1.807, 2.05) is 5.53 Å². The number of nitrogens with two attached hydrogens (primary N) is 2. The van der Waals surface area contributed by atoms with Crippen LogP contribution in [-0.4, -0.2) is 23.9 Å². The molecule has 1 heterocycles. The molecule has 0 saturated carbocycles. The largest absolute Gasteiger partial charge is 0.496 e. The van der Waals surface area contributed by atoms with Crippen molar-refractivity contribution in [1.29, 1.82) is 0 Å². The first-order valence-electron chi connectivity index (χ1n) is 7.94. The molecule has 1 aromatic heterocycles. The number of nitrogens with one attached hydrogen (secondary N) is 2. The number of hydrogen-bond acceptors (Lipinski definition) is 7. The van der Waals surface area contributed by atoms with Crippen molar-refractivity contribution >= 4 is 34.3 Å². The maximum absolute atomic E-state index is 11.8. The third-order valence-electron chi connectivity index (χ3n) is 3.89. The van der Waals surface area contributed by atoms with Crippen LogP contribution in [0.4, 0.5) is 0 Å². The minimum atomic E-state index is -0.638. The smallest absolute Gasteiger partial charge is 0.267 e. The molecule has 10 heteroatoms. The fraction of sp³-hybridized carbons (Fsp3) is 0.0556. The summed E-state index contributed by atoms with van der Waals surface area (Å²) in [6.07, 6.45) is 1.55. The number of primary amides is 1. The number of amides is 2. The van der Waals surface area contributed by atoms with Crippen molar-refractivity contribution in [2.45, 2.75) is 0 Å². The standard InChI is InChI=1S/C18H16ClN5O4/c1-27-16-8-14-11(7-12(16)17(20)25)15(4-5-22-14)28-9-2-3-10(13(19)6-9)18(26)23-24-21/h2-8,24H,21H2,1H3,(H2,20,25)(H,23,26). The molecule has 0 aliphatic carbocycles. The maximum Gasteiger partial charge on any atom is 0.267 e. The second kappa shape index (κ2) is 8.09. The summed E-state index contributed by atoms with van der Waals surface area (Å²) in [4.78, 5) is 27.8. The van der Waals surface area contributed by atoms with Gasteiger partial charge in [-0.2, -0.15) is 5.53 Å². The van der Waals surface area contributed by atoms with E-state index >= 15 is 0 Å². The third kappa shape index (κ3) is 3.81. The number of hydrogen-bond donors (Lipinski definition) is 4. The molecule has 28 heavy (non-hydrogen) atoms. The highest BCUT2D eigenvalue weighted by Crippen LogP contribution is 2.34. The van der Waals surface area contributed by atoms with Crippen molar-refractivity contribution < 1.29 is 19.1 Å². The normalized spacial score (nSPS) is 10.5. The lowest BCUT2D eigenvalue weighted by molar-refractivity contribution is 0.0933. The van der Waals surface area contributed by atoms with Crippen LogP contribution in [0.5, 0.6) is 17.2 Å². The molecule has 3 rings (SSSR count). The number of benzene rings is 2. The van der Waals surface area contributed by atoms with E-state index in [2.05, 4.69) is 10.4 Å². The molecule has 2 aromatic carbocycles. The molecular formula is C18H16ClN5O4. The molecule has 0 radical (unpaired) electrons. The van der Waals surface area contributed by atoms with E-state index in [1.54, 1.807) is 30.5 Å². The van der Waals surface area contributed by atoms with Crippen LogP contribution in [0.25, 0.3) is 10.9 Å². The highest BCUT2D eigenvalue weighted by Gasteiger charge is 2.15. The second-order valence-electron chi connectivity index (χ2n) is 5.59. The van der Waals surface area contributed by atoms with Crippen LogP contribution in [0.3, 0.4) is 0 Å². The third-order valence-corrected chi connectivity index (χ3v) is 4.20. The predicted octanol–water partition coefficient (Wildman–Crippen LogP) is 1.90. The fourth-order valence-electron chi connectivity index (χ4n) is 2.60. The summed E-state index contributed by atoms with van der Waals surface area (Å²) in [6, 6.07) is 9.33. The second-order valence-corrected chi connectivity index (χ2v) is 5.99. The monoisotopic (exact) mass is 401 g/mol. The van der Waals surface area contributed by atoms with E-state index in [1.165, 1.54) is 19.2 Å². The van der Waals surface area contributed by atoms with E-state index in [-0.39, 0.29) is 16.1 Å². The van der Waals surface area contributed by atoms with Crippen LogP contribution in [0.15, 0.2) is 42.6 Å². The Hall–Kier alpha value is -3.40. The summed E-state index contributed by atoms with van der Waals surface area (Å²) in [5.74, 6) is 5.05. The van der Waals surface area contributed by atoms with Gasteiger partial charge in [-0.25, -0.2) is 0 Å². The molecule has 0 spiro atoms. The number of rotatable bonds is 6. The summed E-state index contributed by atoms with van der Waals surface area (Å²) in [5.41, 5.74) is 10.7. The topological polar surface area (TPSA) is 142 Å². The molecule has 2 amide bonds. The highest BCUT2D eigenvalue weighted by molar-refractivity contribution is 6.34. The van der Waals surface area contributed by atoms with Gasteiger partial charge in [-0.15, -0.1) is 0 Å². The minimum Gasteiger partial charge on any atom is -0.496 e. The van der Waals surface area contributed by atoms with Gasteiger partial charge in [0.15, 0.2) is 0 Å². The zero-order valence-electron chi connectivity index (χ0n) is 14.7. The Kier molecular flexibility index (Phi) is 5.59. The lowest BCUT2D eigenvalue weighted by Gasteiger charge is -2.12. The molecule has 0 aliphatic rings. The molecule has 3 aromatic rings. The molecule has 9 nitrogen and oxygen atoms in total. The van der Waals surface area contributed by atoms with Crippen molar-refractivity contribution in [3.63, 3.8) is 0 Å². The molecular weight excluding hydrogens is 386 g/mol.